The molecule has 2 atom stereocenters. The molecule has 4 nitrogen and oxygen atoms in total. The minimum Gasteiger partial charge on any atom is -0.390 e. The lowest BCUT2D eigenvalue weighted by Crippen LogP contribution is -2.19. The first-order valence-corrected chi connectivity index (χ1v) is 7.20. The van der Waals surface area contributed by atoms with Crippen molar-refractivity contribution >= 4 is 34.1 Å². The molecule has 6 heteroatoms. The molecule has 0 heterocycles. The summed E-state index contributed by atoms with van der Waals surface area (Å²) in [6.07, 6.45) is -1.53. The van der Waals surface area contributed by atoms with Gasteiger partial charge in [0.2, 0.25) is 0 Å². The summed E-state index contributed by atoms with van der Waals surface area (Å²) in [6.45, 7) is 1.47. The smallest absolute Gasteiger partial charge is 0.185 e. The van der Waals surface area contributed by atoms with Gasteiger partial charge in [-0.25, -0.2) is 0 Å². The second-order valence-electron chi connectivity index (χ2n) is 4.13. The molecule has 2 unspecified atom stereocenters. The number of thioether (sulfide) groups is 1. The molecule has 1 aromatic rings. The number of hydrogen-bond donors (Lipinski definition) is 3. The molecule has 1 aromatic carbocycles. The van der Waals surface area contributed by atoms with Crippen molar-refractivity contribution in [2.75, 3.05) is 5.75 Å². The average Bonchev–Trinajstić information content (AvgIpc) is 2.37. The van der Waals surface area contributed by atoms with E-state index < -0.39 is 12.2 Å². The minimum atomic E-state index is -0.979. The fourth-order valence-electron chi connectivity index (χ4n) is 1.55. The van der Waals surface area contributed by atoms with E-state index in [0.29, 0.717) is 28.3 Å². The third kappa shape index (κ3) is 5.28. The van der Waals surface area contributed by atoms with Gasteiger partial charge in [0.1, 0.15) is 11.1 Å². The van der Waals surface area contributed by atoms with Gasteiger partial charge in [-0.05, 0) is 12.0 Å². The van der Waals surface area contributed by atoms with Gasteiger partial charge < -0.3 is 15.9 Å². The third-order valence-corrected chi connectivity index (χ3v) is 3.70. The number of nitrogens with two attached hydrogens (primary N) is 1. The summed E-state index contributed by atoms with van der Waals surface area (Å²) in [5.74, 6) is 0.485. The summed E-state index contributed by atoms with van der Waals surface area (Å²) in [5.41, 5.74) is 6.79. The quantitative estimate of drug-likeness (QED) is 0.688. The Hall–Kier alpha value is -0.950. The number of rotatable bonds is 6. The summed E-state index contributed by atoms with van der Waals surface area (Å²) < 4.78 is 0. The van der Waals surface area contributed by atoms with Crippen LogP contribution in [0.25, 0.3) is 0 Å². The zero-order valence-corrected chi connectivity index (χ0v) is 12.2. The molecule has 0 bridgehead atoms. The fraction of sp³-hybridized carbons (Fsp3) is 0.385. The van der Waals surface area contributed by atoms with Gasteiger partial charge in [0.25, 0.3) is 0 Å². The number of aliphatic hydroxyl groups is 2. The maximum absolute atomic E-state index is 10.8. The topological polar surface area (TPSA) is 83.5 Å². The molecular formula is C13H17NO3S2. The second kappa shape index (κ2) is 7.59. The summed E-state index contributed by atoms with van der Waals surface area (Å²) in [4.78, 5) is 11.1. The van der Waals surface area contributed by atoms with E-state index in [0.717, 1.165) is 11.8 Å². The first-order chi connectivity index (χ1) is 8.91. The Bertz CT molecular complexity index is 448. The Balaban J connectivity index is 2.58. The van der Waals surface area contributed by atoms with Crippen molar-refractivity contribution in [1.82, 2.24) is 0 Å². The predicted molar refractivity (Wildman–Crippen MR) is 81.1 cm³/mol. The molecule has 0 fully saturated rings. The van der Waals surface area contributed by atoms with E-state index in [1.807, 2.05) is 0 Å². The van der Waals surface area contributed by atoms with Crippen LogP contribution < -0.4 is 5.73 Å². The number of aliphatic hydroxyl groups excluding tert-OH is 2. The lowest BCUT2D eigenvalue weighted by atomic mass is 10.0. The Kier molecular flexibility index (Phi) is 6.44. The standard InChI is InChI=1S/C13H17NO3S2/c1-8(15)19-7-6-11(16)12(17)9-2-4-10(5-3-9)13(14)18/h2-5,11-12,16-17H,6-7H2,1H3,(H2,14,18). The molecule has 1 rings (SSSR count). The SMILES string of the molecule is CC(=O)SCCC(O)C(O)c1ccc(C(N)=S)cc1. The molecule has 0 saturated heterocycles. The van der Waals surface area contributed by atoms with Gasteiger partial charge in [-0.1, -0.05) is 48.2 Å². The predicted octanol–water partition coefficient (Wildman–Crippen LogP) is 1.38. The van der Waals surface area contributed by atoms with Gasteiger partial charge in [0.05, 0.1) is 6.10 Å². The van der Waals surface area contributed by atoms with Crippen LogP contribution in [0.3, 0.4) is 0 Å². The maximum Gasteiger partial charge on any atom is 0.185 e. The van der Waals surface area contributed by atoms with Crippen molar-refractivity contribution in [3.05, 3.63) is 35.4 Å². The Morgan fingerprint density at radius 3 is 2.42 bits per heavy atom. The van der Waals surface area contributed by atoms with Gasteiger partial charge in [-0.3, -0.25) is 4.79 Å². The third-order valence-electron chi connectivity index (χ3n) is 2.62. The van der Waals surface area contributed by atoms with E-state index in [-0.39, 0.29) is 5.12 Å². The van der Waals surface area contributed by atoms with Crippen molar-refractivity contribution in [1.29, 1.82) is 0 Å². The van der Waals surface area contributed by atoms with E-state index >= 15 is 0 Å². The van der Waals surface area contributed by atoms with Crippen LogP contribution in [-0.2, 0) is 4.79 Å². The molecule has 0 aliphatic heterocycles. The van der Waals surface area contributed by atoms with Crippen molar-refractivity contribution < 1.29 is 15.0 Å². The highest BCUT2D eigenvalue weighted by Crippen LogP contribution is 2.21. The van der Waals surface area contributed by atoms with Crippen LogP contribution in [0.5, 0.6) is 0 Å². The molecule has 0 amide bonds. The Morgan fingerprint density at radius 2 is 1.95 bits per heavy atom. The van der Waals surface area contributed by atoms with E-state index in [1.54, 1.807) is 24.3 Å². The molecule has 0 saturated carbocycles. The lowest BCUT2D eigenvalue weighted by molar-refractivity contribution is -0.109. The minimum absolute atomic E-state index is 0.00232. The highest BCUT2D eigenvalue weighted by molar-refractivity contribution is 8.13. The normalized spacial score (nSPS) is 13.8. The lowest BCUT2D eigenvalue weighted by Gasteiger charge is -2.18. The molecule has 0 radical (unpaired) electrons. The average molecular weight is 299 g/mol. The molecular weight excluding hydrogens is 282 g/mol. The number of hydrogen-bond acceptors (Lipinski definition) is 5. The van der Waals surface area contributed by atoms with E-state index in [2.05, 4.69) is 0 Å². The summed E-state index contributed by atoms with van der Waals surface area (Å²) >= 11 is 5.97. The van der Waals surface area contributed by atoms with Crippen LogP contribution in [0.4, 0.5) is 0 Å². The molecule has 4 N–H and O–H groups in total. The molecule has 0 aliphatic rings. The van der Waals surface area contributed by atoms with Gasteiger partial charge in [-0.15, -0.1) is 0 Å². The maximum atomic E-state index is 10.8. The Labute approximate surface area is 122 Å². The van der Waals surface area contributed by atoms with Crippen LogP contribution in [0.15, 0.2) is 24.3 Å². The summed E-state index contributed by atoms with van der Waals surface area (Å²) in [5, 5.41) is 19.8. The molecule has 104 valence electrons. The number of benzene rings is 1. The zero-order chi connectivity index (χ0) is 14.4. The number of carbonyl (C=O) groups is 1. The van der Waals surface area contributed by atoms with Crippen molar-refractivity contribution in [2.45, 2.75) is 25.6 Å². The number of carbonyl (C=O) groups excluding carboxylic acids is 1. The first kappa shape index (κ1) is 16.1. The van der Waals surface area contributed by atoms with Crippen molar-refractivity contribution in [2.24, 2.45) is 5.73 Å². The molecule has 0 spiro atoms. The van der Waals surface area contributed by atoms with Crippen molar-refractivity contribution in [3.8, 4) is 0 Å². The van der Waals surface area contributed by atoms with Crippen LogP contribution in [-0.4, -0.2) is 32.2 Å². The van der Waals surface area contributed by atoms with E-state index in [4.69, 9.17) is 18.0 Å². The zero-order valence-electron chi connectivity index (χ0n) is 10.6. The van der Waals surface area contributed by atoms with Gasteiger partial charge in [0, 0.05) is 18.2 Å². The van der Waals surface area contributed by atoms with E-state index in [9.17, 15) is 15.0 Å². The summed E-state index contributed by atoms with van der Waals surface area (Å²) in [7, 11) is 0. The van der Waals surface area contributed by atoms with Gasteiger partial charge in [0.15, 0.2) is 5.12 Å². The van der Waals surface area contributed by atoms with Crippen LogP contribution in [0.2, 0.25) is 0 Å². The van der Waals surface area contributed by atoms with Crippen LogP contribution >= 0.6 is 24.0 Å². The van der Waals surface area contributed by atoms with Crippen molar-refractivity contribution in [3.63, 3.8) is 0 Å². The highest BCUT2D eigenvalue weighted by atomic mass is 32.2. The Morgan fingerprint density at radius 1 is 1.37 bits per heavy atom. The number of thiocarbonyl (C=S) groups is 1. The fourth-order valence-corrected chi connectivity index (χ4v) is 2.33. The molecule has 19 heavy (non-hydrogen) atoms. The van der Waals surface area contributed by atoms with E-state index in [1.165, 1.54) is 6.92 Å². The largest absolute Gasteiger partial charge is 0.390 e. The van der Waals surface area contributed by atoms with Crippen LogP contribution in [0, 0.1) is 0 Å². The monoisotopic (exact) mass is 299 g/mol. The second-order valence-corrected chi connectivity index (χ2v) is 5.84. The first-order valence-electron chi connectivity index (χ1n) is 5.81. The van der Waals surface area contributed by atoms with Crippen LogP contribution in [0.1, 0.15) is 30.6 Å². The highest BCUT2D eigenvalue weighted by Gasteiger charge is 2.18. The van der Waals surface area contributed by atoms with Gasteiger partial charge in [-0.2, -0.15) is 0 Å². The van der Waals surface area contributed by atoms with Gasteiger partial charge >= 0.3 is 0 Å². The molecule has 0 aromatic heterocycles. The molecule has 0 aliphatic carbocycles. The summed E-state index contributed by atoms with van der Waals surface area (Å²) in [6, 6.07) is 6.77.